The van der Waals surface area contributed by atoms with Gasteiger partial charge >= 0.3 is 0 Å². The number of amides is 1. The lowest BCUT2D eigenvalue weighted by Crippen LogP contribution is -2.45. The molecule has 0 aliphatic carbocycles. The van der Waals surface area contributed by atoms with Crippen molar-refractivity contribution in [2.24, 2.45) is 0 Å². The van der Waals surface area contributed by atoms with Crippen LogP contribution in [0.2, 0.25) is 10.0 Å². The summed E-state index contributed by atoms with van der Waals surface area (Å²) < 4.78 is 31.1. The Labute approximate surface area is 169 Å². The first-order valence-corrected chi connectivity index (χ1v) is 10.5. The number of carbonyl (C=O) groups is 1. The van der Waals surface area contributed by atoms with Crippen LogP contribution in [-0.4, -0.2) is 33.7 Å². The number of nitrogens with one attached hydrogen (secondary N) is 1. The van der Waals surface area contributed by atoms with Crippen molar-refractivity contribution in [1.82, 2.24) is 0 Å². The Kier molecular flexibility index (Phi) is 6.62. The van der Waals surface area contributed by atoms with Crippen LogP contribution in [0.5, 0.6) is 5.75 Å². The largest absolute Gasteiger partial charge is 0.495 e. The van der Waals surface area contributed by atoms with Gasteiger partial charge in [0.15, 0.2) is 0 Å². The summed E-state index contributed by atoms with van der Waals surface area (Å²) in [6.45, 7) is 3.24. The summed E-state index contributed by atoms with van der Waals surface area (Å²) >= 11 is 12.0. The molecule has 1 amide bonds. The molecular weight excluding hydrogens is 411 g/mol. The van der Waals surface area contributed by atoms with Gasteiger partial charge in [-0.05, 0) is 49.7 Å². The standard InChI is InChI=1S/C18H20Cl2N2O4S/c1-11-5-6-14(20)10-16(11)22(27(4,24)25)12(2)18(23)21-15-9-13(19)7-8-17(15)26-3/h5-10,12H,1-4H3,(H,21,23)/t12-/m0/s1. The number of methoxy groups -OCH3 is 1. The van der Waals surface area contributed by atoms with Crippen LogP contribution in [0.1, 0.15) is 12.5 Å². The normalized spacial score (nSPS) is 12.4. The molecule has 1 N–H and O–H groups in total. The van der Waals surface area contributed by atoms with Crippen molar-refractivity contribution in [3.05, 3.63) is 52.0 Å². The fourth-order valence-corrected chi connectivity index (χ4v) is 4.18. The number of rotatable bonds is 6. The van der Waals surface area contributed by atoms with Gasteiger partial charge in [-0.3, -0.25) is 9.10 Å². The molecule has 0 heterocycles. The molecule has 2 rings (SSSR count). The molecule has 27 heavy (non-hydrogen) atoms. The van der Waals surface area contributed by atoms with Crippen LogP contribution in [0.25, 0.3) is 0 Å². The first kappa shape index (κ1) is 21.3. The second kappa shape index (κ2) is 8.37. The summed E-state index contributed by atoms with van der Waals surface area (Å²) in [4.78, 5) is 12.8. The van der Waals surface area contributed by atoms with Gasteiger partial charge in [0.1, 0.15) is 11.8 Å². The lowest BCUT2D eigenvalue weighted by atomic mass is 10.1. The van der Waals surface area contributed by atoms with E-state index in [4.69, 9.17) is 27.9 Å². The Balaban J connectivity index is 2.42. The summed E-state index contributed by atoms with van der Waals surface area (Å²) in [6, 6.07) is 8.58. The van der Waals surface area contributed by atoms with Crippen molar-refractivity contribution < 1.29 is 17.9 Å². The zero-order chi connectivity index (χ0) is 20.4. The lowest BCUT2D eigenvalue weighted by molar-refractivity contribution is -0.116. The van der Waals surface area contributed by atoms with Crippen molar-refractivity contribution in [3.63, 3.8) is 0 Å². The van der Waals surface area contributed by atoms with Gasteiger partial charge in [-0.2, -0.15) is 0 Å². The highest BCUT2D eigenvalue weighted by molar-refractivity contribution is 7.92. The fourth-order valence-electron chi connectivity index (χ4n) is 2.62. The minimum Gasteiger partial charge on any atom is -0.495 e. The average molecular weight is 431 g/mol. The highest BCUT2D eigenvalue weighted by atomic mass is 35.5. The zero-order valence-electron chi connectivity index (χ0n) is 15.3. The van der Waals surface area contributed by atoms with Crippen LogP contribution in [0.3, 0.4) is 0 Å². The number of ether oxygens (including phenoxy) is 1. The van der Waals surface area contributed by atoms with Crippen molar-refractivity contribution in [1.29, 1.82) is 0 Å². The molecule has 0 saturated carbocycles. The van der Waals surface area contributed by atoms with Crippen LogP contribution in [-0.2, 0) is 14.8 Å². The van der Waals surface area contributed by atoms with Gasteiger partial charge in [0, 0.05) is 10.0 Å². The molecule has 1 atom stereocenters. The van der Waals surface area contributed by atoms with Gasteiger partial charge in [0.05, 0.1) is 24.7 Å². The van der Waals surface area contributed by atoms with E-state index in [0.717, 1.165) is 10.6 Å². The van der Waals surface area contributed by atoms with E-state index in [1.807, 2.05) is 0 Å². The highest BCUT2D eigenvalue weighted by Crippen LogP contribution is 2.30. The fraction of sp³-hybridized carbons (Fsp3) is 0.278. The minimum atomic E-state index is -3.76. The molecule has 0 spiro atoms. The van der Waals surface area contributed by atoms with Gasteiger partial charge < -0.3 is 10.1 Å². The summed E-state index contributed by atoms with van der Waals surface area (Å²) in [5.41, 5.74) is 1.36. The number of hydrogen-bond donors (Lipinski definition) is 1. The molecule has 6 nitrogen and oxygen atoms in total. The van der Waals surface area contributed by atoms with Crippen molar-refractivity contribution >= 4 is 50.5 Å². The summed E-state index contributed by atoms with van der Waals surface area (Å²) in [7, 11) is -2.30. The van der Waals surface area contributed by atoms with Crippen molar-refractivity contribution in [2.75, 3.05) is 23.0 Å². The summed E-state index contributed by atoms with van der Waals surface area (Å²) in [6.07, 6.45) is 1.04. The quantitative estimate of drug-likeness (QED) is 0.747. The average Bonchev–Trinajstić information content (AvgIpc) is 2.57. The predicted molar refractivity (Wildman–Crippen MR) is 110 cm³/mol. The summed E-state index contributed by atoms with van der Waals surface area (Å²) in [5.74, 6) is -0.134. The first-order valence-electron chi connectivity index (χ1n) is 7.94. The molecule has 0 bridgehead atoms. The Hall–Kier alpha value is -1.96. The van der Waals surface area contributed by atoms with Crippen LogP contribution in [0, 0.1) is 6.92 Å². The number of benzene rings is 2. The van der Waals surface area contributed by atoms with E-state index in [1.54, 1.807) is 31.2 Å². The van der Waals surface area contributed by atoms with Gasteiger partial charge in [-0.25, -0.2) is 8.42 Å². The number of sulfonamides is 1. The molecule has 0 fully saturated rings. The van der Waals surface area contributed by atoms with E-state index in [1.165, 1.54) is 26.2 Å². The molecule has 2 aromatic rings. The molecule has 0 aliphatic heterocycles. The van der Waals surface area contributed by atoms with E-state index in [-0.39, 0.29) is 0 Å². The van der Waals surface area contributed by atoms with Gasteiger partial charge in [-0.15, -0.1) is 0 Å². The van der Waals surface area contributed by atoms with Crippen molar-refractivity contribution in [3.8, 4) is 5.75 Å². The summed E-state index contributed by atoms with van der Waals surface area (Å²) in [5, 5.41) is 3.45. The second-order valence-corrected chi connectivity index (χ2v) is 8.73. The Morgan fingerprint density at radius 2 is 1.74 bits per heavy atom. The number of halogens is 2. The molecular formula is C18H20Cl2N2O4S. The zero-order valence-corrected chi connectivity index (χ0v) is 17.6. The topological polar surface area (TPSA) is 75.7 Å². The second-order valence-electron chi connectivity index (χ2n) is 6.00. The number of carbonyl (C=O) groups excluding carboxylic acids is 1. The maximum Gasteiger partial charge on any atom is 0.248 e. The lowest BCUT2D eigenvalue weighted by Gasteiger charge is -2.29. The first-order chi connectivity index (χ1) is 12.5. The molecule has 2 aromatic carbocycles. The van der Waals surface area contributed by atoms with E-state index in [0.29, 0.717) is 32.7 Å². The van der Waals surface area contributed by atoms with Crippen LogP contribution < -0.4 is 14.4 Å². The van der Waals surface area contributed by atoms with Gasteiger partial charge in [0.2, 0.25) is 15.9 Å². The number of nitrogens with zero attached hydrogens (tertiary/aromatic N) is 1. The van der Waals surface area contributed by atoms with Crippen LogP contribution >= 0.6 is 23.2 Å². The third-order valence-corrected chi connectivity index (χ3v) is 5.61. The Morgan fingerprint density at radius 1 is 1.15 bits per heavy atom. The molecule has 0 aromatic heterocycles. The third-order valence-electron chi connectivity index (χ3n) is 3.92. The maximum absolute atomic E-state index is 12.8. The Morgan fingerprint density at radius 3 is 2.33 bits per heavy atom. The SMILES string of the molecule is COc1ccc(Cl)cc1NC(=O)[C@H](C)N(c1cc(Cl)ccc1C)S(C)(=O)=O. The van der Waals surface area contributed by atoms with Gasteiger partial charge in [-0.1, -0.05) is 29.3 Å². The van der Waals surface area contributed by atoms with E-state index in [2.05, 4.69) is 5.32 Å². The predicted octanol–water partition coefficient (Wildman–Crippen LogP) is 4.10. The molecule has 0 aliphatic rings. The molecule has 146 valence electrons. The monoisotopic (exact) mass is 430 g/mol. The van der Waals surface area contributed by atoms with Crippen LogP contribution in [0.15, 0.2) is 36.4 Å². The van der Waals surface area contributed by atoms with Crippen molar-refractivity contribution in [2.45, 2.75) is 19.9 Å². The number of aryl methyl sites for hydroxylation is 1. The van der Waals surface area contributed by atoms with E-state index in [9.17, 15) is 13.2 Å². The maximum atomic E-state index is 12.8. The third kappa shape index (κ3) is 5.06. The number of anilines is 2. The van der Waals surface area contributed by atoms with E-state index < -0.39 is 22.0 Å². The smallest absolute Gasteiger partial charge is 0.248 e. The number of hydrogen-bond acceptors (Lipinski definition) is 4. The Bertz CT molecular complexity index is 964. The molecule has 9 heteroatoms. The van der Waals surface area contributed by atoms with Crippen LogP contribution in [0.4, 0.5) is 11.4 Å². The molecule has 0 radical (unpaired) electrons. The van der Waals surface area contributed by atoms with E-state index >= 15 is 0 Å². The highest BCUT2D eigenvalue weighted by Gasteiger charge is 2.30. The minimum absolute atomic E-state index is 0.339. The molecule has 0 saturated heterocycles. The molecule has 0 unspecified atom stereocenters. The van der Waals surface area contributed by atoms with Gasteiger partial charge in [0.25, 0.3) is 0 Å².